The molecule has 0 aliphatic carbocycles. The summed E-state index contributed by atoms with van der Waals surface area (Å²) in [5, 5.41) is 3.71. The molecule has 122 valence electrons. The van der Waals surface area contributed by atoms with Crippen molar-refractivity contribution in [3.05, 3.63) is 71.6 Å². The van der Waals surface area contributed by atoms with Crippen molar-refractivity contribution in [3.8, 4) is 11.5 Å². The number of fused-ring (bicyclic) bond motifs is 6. The lowest BCUT2D eigenvalue weighted by molar-refractivity contribution is 0.547. The highest BCUT2D eigenvalue weighted by Gasteiger charge is 2.16. The fourth-order valence-corrected chi connectivity index (χ4v) is 3.77. The average molecular weight is 326 g/mol. The molecule has 0 saturated heterocycles. The fourth-order valence-electron chi connectivity index (χ4n) is 3.77. The molecule has 0 saturated carbocycles. The van der Waals surface area contributed by atoms with Crippen LogP contribution in [-0.4, -0.2) is 9.38 Å². The van der Waals surface area contributed by atoms with Gasteiger partial charge in [0.2, 0.25) is 0 Å². The smallest absolute Gasteiger partial charge is 0.154 e. The molecule has 0 spiro atoms. The van der Waals surface area contributed by atoms with Gasteiger partial charge in [-0.1, -0.05) is 36.4 Å². The highest BCUT2D eigenvalue weighted by molar-refractivity contribution is 6.13. The van der Waals surface area contributed by atoms with E-state index in [0.29, 0.717) is 0 Å². The highest BCUT2D eigenvalue weighted by Crippen LogP contribution is 2.34. The summed E-state index contributed by atoms with van der Waals surface area (Å²) in [5.74, 6) is 1.71. The lowest BCUT2D eigenvalue weighted by atomic mass is 9.99. The van der Waals surface area contributed by atoms with Gasteiger partial charge >= 0.3 is 0 Å². The van der Waals surface area contributed by atoms with Gasteiger partial charge in [0.15, 0.2) is 5.76 Å². The Morgan fingerprint density at radius 3 is 2.36 bits per heavy atom. The van der Waals surface area contributed by atoms with E-state index in [9.17, 15) is 0 Å². The van der Waals surface area contributed by atoms with Crippen LogP contribution in [0.1, 0.15) is 16.9 Å². The summed E-state index contributed by atoms with van der Waals surface area (Å²) < 4.78 is 8.02. The molecule has 0 fully saturated rings. The van der Waals surface area contributed by atoms with Crippen molar-refractivity contribution >= 4 is 27.3 Å². The summed E-state index contributed by atoms with van der Waals surface area (Å²) in [7, 11) is 0. The van der Waals surface area contributed by atoms with Gasteiger partial charge in [-0.15, -0.1) is 0 Å². The van der Waals surface area contributed by atoms with E-state index in [1.165, 1.54) is 32.8 Å². The maximum atomic E-state index is 5.80. The number of hydrogen-bond donors (Lipinski definition) is 0. The highest BCUT2D eigenvalue weighted by atomic mass is 16.3. The van der Waals surface area contributed by atoms with Crippen molar-refractivity contribution in [3.63, 3.8) is 0 Å². The largest absolute Gasteiger partial charge is 0.460 e. The van der Waals surface area contributed by atoms with E-state index in [2.05, 4.69) is 60.8 Å². The molecule has 3 heteroatoms. The summed E-state index contributed by atoms with van der Waals surface area (Å²) in [6.45, 7) is 6.29. The van der Waals surface area contributed by atoms with Gasteiger partial charge in [0.1, 0.15) is 17.1 Å². The van der Waals surface area contributed by atoms with E-state index >= 15 is 0 Å². The Bertz CT molecular complexity index is 1270. The van der Waals surface area contributed by atoms with Crippen LogP contribution in [0.25, 0.3) is 38.8 Å². The van der Waals surface area contributed by atoms with Crippen LogP contribution in [0.15, 0.2) is 59.1 Å². The van der Waals surface area contributed by atoms with E-state index < -0.39 is 0 Å². The predicted molar refractivity (Wildman–Crippen MR) is 102 cm³/mol. The zero-order valence-corrected chi connectivity index (χ0v) is 14.5. The number of imidazole rings is 1. The second kappa shape index (κ2) is 4.96. The molecular weight excluding hydrogens is 308 g/mol. The van der Waals surface area contributed by atoms with Gasteiger partial charge in [-0.2, -0.15) is 0 Å². The van der Waals surface area contributed by atoms with Crippen LogP contribution in [0, 0.1) is 20.8 Å². The molecule has 3 heterocycles. The van der Waals surface area contributed by atoms with Crippen LogP contribution < -0.4 is 0 Å². The normalized spacial score (nSPS) is 11.8. The molecule has 0 amide bonds. The molecule has 5 rings (SSSR count). The van der Waals surface area contributed by atoms with Crippen molar-refractivity contribution in [1.82, 2.24) is 9.38 Å². The fraction of sp³-hybridized carbons (Fsp3) is 0.136. The molecule has 5 aromatic rings. The third-order valence-electron chi connectivity index (χ3n) is 4.96. The van der Waals surface area contributed by atoms with Crippen molar-refractivity contribution in [2.75, 3.05) is 0 Å². The lowest BCUT2D eigenvalue weighted by Crippen LogP contribution is -1.94. The summed E-state index contributed by atoms with van der Waals surface area (Å²) in [5.41, 5.74) is 5.59. The Morgan fingerprint density at radius 1 is 0.840 bits per heavy atom. The SMILES string of the molecule is Cc1ccc(-c2cn3c(n2)c2ccccc2c2c(C)ccc(C)c23)o1. The van der Waals surface area contributed by atoms with E-state index in [0.717, 1.165) is 22.9 Å². The second-order valence-corrected chi connectivity index (χ2v) is 6.70. The first-order valence-corrected chi connectivity index (χ1v) is 8.50. The topological polar surface area (TPSA) is 30.4 Å². The zero-order chi connectivity index (χ0) is 17.1. The second-order valence-electron chi connectivity index (χ2n) is 6.70. The van der Waals surface area contributed by atoms with E-state index in [-0.39, 0.29) is 0 Å². The van der Waals surface area contributed by atoms with Gasteiger partial charge in [0, 0.05) is 17.0 Å². The number of benzene rings is 2. The molecule has 0 aliphatic rings. The first-order chi connectivity index (χ1) is 12.1. The van der Waals surface area contributed by atoms with Crippen LogP contribution in [0.5, 0.6) is 0 Å². The minimum atomic E-state index is 0.809. The molecule has 3 aromatic heterocycles. The number of pyridine rings is 1. The molecule has 0 N–H and O–H groups in total. The zero-order valence-electron chi connectivity index (χ0n) is 14.5. The van der Waals surface area contributed by atoms with Crippen LogP contribution in [-0.2, 0) is 0 Å². The number of hydrogen-bond acceptors (Lipinski definition) is 2. The molecule has 0 atom stereocenters. The van der Waals surface area contributed by atoms with E-state index in [1.54, 1.807) is 0 Å². The van der Waals surface area contributed by atoms with Gasteiger partial charge in [0.05, 0.1) is 5.52 Å². The molecule has 0 radical (unpaired) electrons. The first kappa shape index (κ1) is 14.3. The molecular formula is C22H18N2O. The first-order valence-electron chi connectivity index (χ1n) is 8.50. The summed E-state index contributed by atoms with van der Waals surface area (Å²) in [4.78, 5) is 4.91. The predicted octanol–water partition coefficient (Wildman–Crippen LogP) is 5.83. The third kappa shape index (κ3) is 1.96. The summed E-state index contributed by atoms with van der Waals surface area (Å²) in [6.07, 6.45) is 2.09. The molecule has 25 heavy (non-hydrogen) atoms. The van der Waals surface area contributed by atoms with Crippen LogP contribution >= 0.6 is 0 Å². The molecule has 0 bridgehead atoms. The minimum Gasteiger partial charge on any atom is -0.460 e. The number of nitrogens with zero attached hydrogens (tertiary/aromatic N) is 2. The number of rotatable bonds is 1. The Kier molecular flexibility index (Phi) is 2.84. The van der Waals surface area contributed by atoms with E-state index in [4.69, 9.17) is 9.40 Å². The molecule has 3 nitrogen and oxygen atoms in total. The van der Waals surface area contributed by atoms with Gasteiger partial charge in [-0.05, 0) is 49.4 Å². The molecule has 0 unspecified atom stereocenters. The van der Waals surface area contributed by atoms with Gasteiger partial charge < -0.3 is 4.42 Å². The van der Waals surface area contributed by atoms with Crippen LogP contribution in [0.4, 0.5) is 0 Å². The summed E-state index contributed by atoms with van der Waals surface area (Å²) >= 11 is 0. The van der Waals surface area contributed by atoms with Crippen LogP contribution in [0.2, 0.25) is 0 Å². The Labute approximate surface area is 145 Å². The monoisotopic (exact) mass is 326 g/mol. The molecule has 2 aromatic carbocycles. The van der Waals surface area contributed by atoms with Gasteiger partial charge in [-0.3, -0.25) is 4.40 Å². The van der Waals surface area contributed by atoms with Crippen molar-refractivity contribution < 1.29 is 4.42 Å². The maximum Gasteiger partial charge on any atom is 0.154 e. The Hall–Kier alpha value is -3.07. The number of aromatic nitrogens is 2. The number of aryl methyl sites for hydroxylation is 3. The standard InChI is InChI=1S/C22H18N2O/c1-13-8-9-14(2)21-20(13)16-6-4-5-7-17(16)22-23-18(12-24(21)22)19-11-10-15(3)25-19/h4-12H,1-3H3. The lowest BCUT2D eigenvalue weighted by Gasteiger charge is -2.12. The van der Waals surface area contributed by atoms with Crippen molar-refractivity contribution in [2.24, 2.45) is 0 Å². The number of furan rings is 1. The molecule has 0 aliphatic heterocycles. The van der Waals surface area contributed by atoms with Crippen molar-refractivity contribution in [2.45, 2.75) is 20.8 Å². The summed E-state index contributed by atoms with van der Waals surface area (Å²) in [6, 6.07) is 16.9. The van der Waals surface area contributed by atoms with Gasteiger partial charge in [-0.25, -0.2) is 4.98 Å². The Morgan fingerprint density at radius 2 is 1.60 bits per heavy atom. The Balaban J connectivity index is 2.03. The van der Waals surface area contributed by atoms with E-state index in [1.807, 2.05) is 19.1 Å². The van der Waals surface area contributed by atoms with Crippen molar-refractivity contribution in [1.29, 1.82) is 0 Å². The van der Waals surface area contributed by atoms with Gasteiger partial charge in [0.25, 0.3) is 0 Å². The maximum absolute atomic E-state index is 5.80. The minimum absolute atomic E-state index is 0.809. The quantitative estimate of drug-likeness (QED) is 0.363. The average Bonchev–Trinajstić information content (AvgIpc) is 3.24. The third-order valence-corrected chi connectivity index (χ3v) is 4.96. The van der Waals surface area contributed by atoms with Crippen LogP contribution in [0.3, 0.4) is 0 Å².